The van der Waals surface area contributed by atoms with Crippen molar-refractivity contribution in [1.29, 1.82) is 0 Å². The Bertz CT molecular complexity index is 348. The molecule has 0 spiro atoms. The molecular formula is C12H18N2OS. The zero-order chi connectivity index (χ0) is 11.5. The lowest BCUT2D eigenvalue weighted by molar-refractivity contribution is -0.130. The van der Waals surface area contributed by atoms with E-state index in [4.69, 9.17) is 0 Å². The molecule has 16 heavy (non-hydrogen) atoms. The van der Waals surface area contributed by atoms with E-state index in [9.17, 15) is 4.79 Å². The number of thiophene rings is 1. The molecular weight excluding hydrogens is 220 g/mol. The number of amides is 1. The Kier molecular flexibility index (Phi) is 3.61. The maximum atomic E-state index is 12.0. The fourth-order valence-electron chi connectivity index (χ4n) is 2.06. The van der Waals surface area contributed by atoms with Crippen LogP contribution in [0.1, 0.15) is 25.8 Å². The number of hydrogen-bond acceptors (Lipinski definition) is 3. The van der Waals surface area contributed by atoms with Crippen molar-refractivity contribution in [1.82, 2.24) is 10.2 Å². The molecule has 4 heteroatoms. The van der Waals surface area contributed by atoms with Gasteiger partial charge in [-0.2, -0.15) is 11.3 Å². The second-order valence-electron chi connectivity index (χ2n) is 4.55. The van der Waals surface area contributed by atoms with E-state index in [0.29, 0.717) is 6.04 Å². The zero-order valence-corrected chi connectivity index (χ0v) is 10.6. The lowest BCUT2D eigenvalue weighted by Crippen LogP contribution is -2.41. The molecule has 1 N–H and O–H groups in total. The minimum atomic E-state index is 0.0265. The molecule has 0 aliphatic carbocycles. The lowest BCUT2D eigenvalue weighted by Gasteiger charge is -2.17. The molecule has 1 saturated heterocycles. The van der Waals surface area contributed by atoms with E-state index < -0.39 is 0 Å². The number of nitrogens with zero attached hydrogens (tertiary/aromatic N) is 1. The van der Waals surface area contributed by atoms with Gasteiger partial charge >= 0.3 is 0 Å². The summed E-state index contributed by atoms with van der Waals surface area (Å²) in [7, 11) is 0. The molecule has 1 aliphatic rings. The molecule has 0 bridgehead atoms. The highest BCUT2D eigenvalue weighted by atomic mass is 32.1. The Morgan fingerprint density at radius 2 is 2.44 bits per heavy atom. The van der Waals surface area contributed by atoms with Crippen LogP contribution >= 0.6 is 11.3 Å². The molecule has 0 saturated carbocycles. The van der Waals surface area contributed by atoms with Crippen LogP contribution < -0.4 is 5.32 Å². The third-order valence-corrected chi connectivity index (χ3v) is 3.52. The van der Waals surface area contributed by atoms with Crippen LogP contribution in [0.15, 0.2) is 16.8 Å². The third kappa shape index (κ3) is 2.62. The van der Waals surface area contributed by atoms with E-state index in [0.717, 1.165) is 19.5 Å². The topological polar surface area (TPSA) is 32.3 Å². The van der Waals surface area contributed by atoms with Gasteiger partial charge in [0.15, 0.2) is 0 Å². The number of rotatable bonds is 4. The van der Waals surface area contributed by atoms with Gasteiger partial charge in [0.2, 0.25) is 5.91 Å². The quantitative estimate of drug-likeness (QED) is 0.868. The van der Waals surface area contributed by atoms with E-state index in [-0.39, 0.29) is 11.9 Å². The van der Waals surface area contributed by atoms with Crippen molar-refractivity contribution in [3.63, 3.8) is 0 Å². The summed E-state index contributed by atoms with van der Waals surface area (Å²) in [4.78, 5) is 14.0. The minimum Gasteiger partial charge on any atom is -0.337 e. The standard InChI is InChI=1S/C12H18N2OS/c1-9(2)13-11-3-5-14(12(11)15)7-10-4-6-16-8-10/h4,6,8-9,11,13H,3,5,7H2,1-2H3. The van der Waals surface area contributed by atoms with Gasteiger partial charge in [0.25, 0.3) is 0 Å². The van der Waals surface area contributed by atoms with Crippen molar-refractivity contribution in [2.24, 2.45) is 0 Å². The van der Waals surface area contributed by atoms with Gasteiger partial charge in [-0.05, 0) is 28.8 Å². The predicted molar refractivity (Wildman–Crippen MR) is 66.4 cm³/mol. The van der Waals surface area contributed by atoms with Gasteiger partial charge in [-0.3, -0.25) is 4.79 Å². The molecule has 1 aliphatic heterocycles. The number of hydrogen-bond donors (Lipinski definition) is 1. The van der Waals surface area contributed by atoms with Gasteiger partial charge in [0.05, 0.1) is 6.04 Å². The van der Waals surface area contributed by atoms with Crippen LogP contribution in [0.25, 0.3) is 0 Å². The maximum absolute atomic E-state index is 12.0. The molecule has 1 fully saturated rings. The highest BCUT2D eigenvalue weighted by Gasteiger charge is 2.31. The highest BCUT2D eigenvalue weighted by Crippen LogP contribution is 2.16. The monoisotopic (exact) mass is 238 g/mol. The van der Waals surface area contributed by atoms with Gasteiger partial charge in [-0.25, -0.2) is 0 Å². The molecule has 1 aromatic rings. The van der Waals surface area contributed by atoms with E-state index in [1.54, 1.807) is 11.3 Å². The first kappa shape index (κ1) is 11.6. The SMILES string of the molecule is CC(C)NC1CCN(Cc2ccsc2)C1=O. The first-order valence-electron chi connectivity index (χ1n) is 5.72. The van der Waals surface area contributed by atoms with E-state index in [1.807, 2.05) is 4.90 Å². The van der Waals surface area contributed by atoms with Crippen molar-refractivity contribution in [3.8, 4) is 0 Å². The first-order valence-corrected chi connectivity index (χ1v) is 6.67. The van der Waals surface area contributed by atoms with E-state index in [1.165, 1.54) is 5.56 Å². The Balaban J connectivity index is 1.92. The van der Waals surface area contributed by atoms with Crippen LogP contribution in [0.2, 0.25) is 0 Å². The number of likely N-dealkylation sites (tertiary alicyclic amines) is 1. The summed E-state index contributed by atoms with van der Waals surface area (Å²) in [5.41, 5.74) is 1.24. The van der Waals surface area contributed by atoms with Crippen LogP contribution in [0.4, 0.5) is 0 Å². The Hall–Kier alpha value is -0.870. The summed E-state index contributed by atoms with van der Waals surface area (Å²) in [6.45, 7) is 5.79. The molecule has 2 rings (SSSR count). The smallest absolute Gasteiger partial charge is 0.240 e. The number of carbonyl (C=O) groups excluding carboxylic acids is 1. The van der Waals surface area contributed by atoms with Crippen molar-refractivity contribution in [2.75, 3.05) is 6.54 Å². The average molecular weight is 238 g/mol. The largest absolute Gasteiger partial charge is 0.337 e. The minimum absolute atomic E-state index is 0.0265. The van der Waals surface area contributed by atoms with Crippen LogP contribution in [0, 0.1) is 0 Å². The van der Waals surface area contributed by atoms with Gasteiger partial charge < -0.3 is 10.2 Å². The van der Waals surface area contributed by atoms with Crippen molar-refractivity contribution >= 4 is 17.2 Å². The Labute approximate surface area is 100 Å². The normalized spacial score (nSPS) is 21.1. The molecule has 3 nitrogen and oxygen atoms in total. The van der Waals surface area contributed by atoms with Crippen molar-refractivity contribution < 1.29 is 4.79 Å². The molecule has 1 aromatic heterocycles. The first-order chi connectivity index (χ1) is 7.66. The van der Waals surface area contributed by atoms with E-state index in [2.05, 4.69) is 36.0 Å². The summed E-state index contributed by atoms with van der Waals surface area (Å²) < 4.78 is 0. The Morgan fingerprint density at radius 1 is 1.62 bits per heavy atom. The molecule has 0 aromatic carbocycles. The van der Waals surface area contributed by atoms with Crippen LogP contribution in [0.3, 0.4) is 0 Å². The predicted octanol–water partition coefficient (Wildman–Crippen LogP) is 1.85. The second kappa shape index (κ2) is 4.97. The summed E-state index contributed by atoms with van der Waals surface area (Å²) in [5.74, 6) is 0.250. The summed E-state index contributed by atoms with van der Waals surface area (Å²) in [5, 5.41) is 7.48. The fourth-order valence-corrected chi connectivity index (χ4v) is 2.72. The molecule has 2 heterocycles. The van der Waals surface area contributed by atoms with Gasteiger partial charge in [0, 0.05) is 19.1 Å². The number of carbonyl (C=O) groups is 1. The highest BCUT2D eigenvalue weighted by molar-refractivity contribution is 7.07. The third-order valence-electron chi connectivity index (χ3n) is 2.79. The van der Waals surface area contributed by atoms with Crippen LogP contribution in [-0.2, 0) is 11.3 Å². The van der Waals surface area contributed by atoms with E-state index >= 15 is 0 Å². The summed E-state index contributed by atoms with van der Waals surface area (Å²) in [6.07, 6.45) is 0.932. The molecule has 88 valence electrons. The zero-order valence-electron chi connectivity index (χ0n) is 9.77. The summed E-state index contributed by atoms with van der Waals surface area (Å²) in [6, 6.07) is 2.48. The average Bonchev–Trinajstić information content (AvgIpc) is 2.82. The maximum Gasteiger partial charge on any atom is 0.240 e. The fraction of sp³-hybridized carbons (Fsp3) is 0.583. The molecule has 1 amide bonds. The molecule has 1 unspecified atom stereocenters. The van der Waals surface area contributed by atoms with Gasteiger partial charge in [0.1, 0.15) is 0 Å². The van der Waals surface area contributed by atoms with Crippen molar-refractivity contribution in [3.05, 3.63) is 22.4 Å². The van der Waals surface area contributed by atoms with Crippen LogP contribution in [0.5, 0.6) is 0 Å². The van der Waals surface area contributed by atoms with Gasteiger partial charge in [-0.15, -0.1) is 0 Å². The Morgan fingerprint density at radius 3 is 3.06 bits per heavy atom. The van der Waals surface area contributed by atoms with Crippen LogP contribution in [-0.4, -0.2) is 29.4 Å². The number of nitrogens with one attached hydrogen (secondary N) is 1. The van der Waals surface area contributed by atoms with Crippen molar-refractivity contribution in [2.45, 2.75) is 38.9 Å². The second-order valence-corrected chi connectivity index (χ2v) is 5.33. The van der Waals surface area contributed by atoms with Gasteiger partial charge in [-0.1, -0.05) is 13.8 Å². The molecule has 1 atom stereocenters. The lowest BCUT2D eigenvalue weighted by atomic mass is 10.2. The molecule has 0 radical (unpaired) electrons. The summed E-state index contributed by atoms with van der Waals surface area (Å²) >= 11 is 1.68.